The standard InChI is InChI=1S/C16H20N4O3/c21-16(13-4-2-1-3-5-13)19-10-8-18(9-11-19)14-6-7-15(17-12-14)20(22)23/h1-2,6-7,12-13H,3-5,8-11H2/t13-/m0/s1. The largest absolute Gasteiger partial charge is 0.365 e. The van der Waals surface area contributed by atoms with Crippen molar-refractivity contribution in [3.05, 3.63) is 40.6 Å². The van der Waals surface area contributed by atoms with E-state index >= 15 is 0 Å². The van der Waals surface area contributed by atoms with Crippen LogP contribution >= 0.6 is 0 Å². The minimum Gasteiger partial charge on any atom is -0.365 e. The van der Waals surface area contributed by atoms with Crippen molar-refractivity contribution in [3.63, 3.8) is 0 Å². The van der Waals surface area contributed by atoms with Crippen LogP contribution in [0.25, 0.3) is 0 Å². The maximum absolute atomic E-state index is 12.5. The molecule has 7 nitrogen and oxygen atoms in total. The molecule has 0 aromatic carbocycles. The van der Waals surface area contributed by atoms with Gasteiger partial charge in [-0.15, -0.1) is 0 Å². The smallest absolute Gasteiger partial charge is 0.363 e. The van der Waals surface area contributed by atoms with Crippen molar-refractivity contribution in [2.45, 2.75) is 19.3 Å². The lowest BCUT2D eigenvalue weighted by molar-refractivity contribution is -0.389. The van der Waals surface area contributed by atoms with E-state index in [1.54, 1.807) is 6.07 Å². The first kappa shape index (κ1) is 15.5. The monoisotopic (exact) mass is 316 g/mol. The highest BCUT2D eigenvalue weighted by atomic mass is 16.6. The molecule has 0 spiro atoms. The van der Waals surface area contributed by atoms with Gasteiger partial charge in [-0.3, -0.25) is 4.79 Å². The van der Waals surface area contributed by atoms with E-state index < -0.39 is 4.92 Å². The van der Waals surface area contributed by atoms with Gasteiger partial charge in [0, 0.05) is 38.2 Å². The number of rotatable bonds is 3. The number of allylic oxidation sites excluding steroid dienone is 2. The number of carbonyl (C=O) groups is 1. The van der Waals surface area contributed by atoms with Crippen LogP contribution in [0.4, 0.5) is 11.5 Å². The average Bonchev–Trinajstić information content (AvgIpc) is 2.62. The molecule has 0 N–H and O–H groups in total. The van der Waals surface area contributed by atoms with Crippen molar-refractivity contribution in [1.82, 2.24) is 9.88 Å². The van der Waals surface area contributed by atoms with Gasteiger partial charge in [-0.2, -0.15) is 0 Å². The summed E-state index contributed by atoms with van der Waals surface area (Å²) < 4.78 is 0. The van der Waals surface area contributed by atoms with Crippen LogP contribution in [0.2, 0.25) is 0 Å². The van der Waals surface area contributed by atoms with Crippen LogP contribution in [-0.4, -0.2) is 46.9 Å². The normalized spacial score (nSPS) is 21.3. The van der Waals surface area contributed by atoms with Crippen molar-refractivity contribution in [2.24, 2.45) is 5.92 Å². The minimum absolute atomic E-state index is 0.132. The fraction of sp³-hybridized carbons (Fsp3) is 0.500. The van der Waals surface area contributed by atoms with Crippen molar-refractivity contribution in [2.75, 3.05) is 31.1 Å². The van der Waals surface area contributed by atoms with Crippen molar-refractivity contribution >= 4 is 17.4 Å². The van der Waals surface area contributed by atoms with E-state index in [9.17, 15) is 14.9 Å². The first-order chi connectivity index (χ1) is 11.1. The molecule has 2 aliphatic rings. The maximum atomic E-state index is 12.5. The topological polar surface area (TPSA) is 79.6 Å². The number of piperazine rings is 1. The van der Waals surface area contributed by atoms with Crippen molar-refractivity contribution < 1.29 is 9.72 Å². The molecule has 1 aromatic heterocycles. The van der Waals surface area contributed by atoms with Crippen LogP contribution in [0, 0.1) is 16.0 Å². The van der Waals surface area contributed by atoms with E-state index in [0.29, 0.717) is 13.1 Å². The Hall–Kier alpha value is -2.44. The molecular formula is C16H20N4O3. The molecule has 2 heterocycles. The van der Waals surface area contributed by atoms with Crippen LogP contribution in [0.15, 0.2) is 30.5 Å². The van der Waals surface area contributed by atoms with Crippen LogP contribution in [0.5, 0.6) is 0 Å². The van der Waals surface area contributed by atoms with E-state index in [-0.39, 0.29) is 17.6 Å². The predicted molar refractivity (Wildman–Crippen MR) is 86.2 cm³/mol. The van der Waals surface area contributed by atoms with E-state index in [1.165, 1.54) is 12.3 Å². The van der Waals surface area contributed by atoms with Gasteiger partial charge in [0.1, 0.15) is 0 Å². The van der Waals surface area contributed by atoms with Crippen LogP contribution in [0.3, 0.4) is 0 Å². The third-order valence-electron chi connectivity index (χ3n) is 4.49. The van der Waals surface area contributed by atoms with Gasteiger partial charge in [0.25, 0.3) is 0 Å². The maximum Gasteiger partial charge on any atom is 0.363 e. The predicted octanol–water partition coefficient (Wildman–Crippen LogP) is 1.99. The summed E-state index contributed by atoms with van der Waals surface area (Å²) >= 11 is 0. The summed E-state index contributed by atoms with van der Waals surface area (Å²) in [6.45, 7) is 2.84. The van der Waals surface area contributed by atoms with Gasteiger partial charge >= 0.3 is 5.82 Å². The lowest BCUT2D eigenvalue weighted by Gasteiger charge is -2.37. The van der Waals surface area contributed by atoms with Crippen LogP contribution < -0.4 is 4.90 Å². The fourth-order valence-electron chi connectivity index (χ4n) is 3.13. The second kappa shape index (κ2) is 6.76. The summed E-state index contributed by atoms with van der Waals surface area (Å²) in [7, 11) is 0. The zero-order chi connectivity index (χ0) is 16.2. The lowest BCUT2D eigenvalue weighted by Crippen LogP contribution is -2.50. The lowest BCUT2D eigenvalue weighted by atomic mass is 9.93. The molecule has 0 saturated carbocycles. The molecule has 122 valence electrons. The van der Waals surface area contributed by atoms with Gasteiger partial charge < -0.3 is 19.9 Å². The summed E-state index contributed by atoms with van der Waals surface area (Å²) in [5.74, 6) is 0.247. The first-order valence-electron chi connectivity index (χ1n) is 7.94. The molecule has 1 amide bonds. The molecule has 1 aliphatic carbocycles. The molecular weight excluding hydrogens is 296 g/mol. The highest BCUT2D eigenvalue weighted by Gasteiger charge is 2.27. The molecule has 7 heteroatoms. The fourth-order valence-corrected chi connectivity index (χ4v) is 3.13. The zero-order valence-electron chi connectivity index (χ0n) is 12.9. The van der Waals surface area contributed by atoms with Gasteiger partial charge in [0.15, 0.2) is 6.20 Å². The van der Waals surface area contributed by atoms with Crippen LogP contribution in [-0.2, 0) is 4.79 Å². The highest BCUT2D eigenvalue weighted by Crippen LogP contribution is 2.23. The Morgan fingerprint density at radius 2 is 2.00 bits per heavy atom. The van der Waals surface area contributed by atoms with Gasteiger partial charge in [0.05, 0.1) is 5.69 Å². The molecule has 1 aromatic rings. The molecule has 1 atom stereocenters. The molecule has 1 fully saturated rings. The number of nitrogens with zero attached hydrogens (tertiary/aromatic N) is 4. The number of pyridine rings is 1. The number of aromatic nitrogens is 1. The Bertz CT molecular complexity index is 606. The summed E-state index contributed by atoms with van der Waals surface area (Å²) in [5.41, 5.74) is 0.864. The molecule has 0 unspecified atom stereocenters. The Morgan fingerprint density at radius 3 is 2.57 bits per heavy atom. The van der Waals surface area contributed by atoms with Gasteiger partial charge in [-0.1, -0.05) is 12.2 Å². The Morgan fingerprint density at radius 1 is 1.22 bits per heavy atom. The number of nitro groups is 1. The van der Waals surface area contributed by atoms with Crippen molar-refractivity contribution in [1.29, 1.82) is 0 Å². The number of hydrogen-bond acceptors (Lipinski definition) is 5. The highest BCUT2D eigenvalue weighted by molar-refractivity contribution is 5.79. The Balaban J connectivity index is 1.56. The number of anilines is 1. The molecule has 23 heavy (non-hydrogen) atoms. The summed E-state index contributed by atoms with van der Waals surface area (Å²) in [6, 6.07) is 3.13. The number of hydrogen-bond donors (Lipinski definition) is 0. The average molecular weight is 316 g/mol. The SMILES string of the molecule is O=C([C@H]1CC=CCC1)N1CCN(c2ccc([N+](=O)[O-])nc2)CC1. The molecule has 3 rings (SSSR count). The summed E-state index contributed by atoms with van der Waals surface area (Å²) in [6.07, 6.45) is 8.56. The van der Waals surface area contributed by atoms with E-state index in [0.717, 1.165) is 38.0 Å². The molecule has 0 bridgehead atoms. The quantitative estimate of drug-likeness (QED) is 0.484. The van der Waals surface area contributed by atoms with E-state index in [2.05, 4.69) is 22.0 Å². The van der Waals surface area contributed by atoms with Crippen LogP contribution in [0.1, 0.15) is 19.3 Å². The molecule has 1 aliphatic heterocycles. The first-order valence-corrected chi connectivity index (χ1v) is 7.94. The molecule has 0 radical (unpaired) electrons. The number of carbonyl (C=O) groups excluding carboxylic acids is 1. The Kier molecular flexibility index (Phi) is 4.55. The third kappa shape index (κ3) is 3.49. The summed E-state index contributed by atoms with van der Waals surface area (Å²) in [5, 5.41) is 10.6. The third-order valence-corrected chi connectivity index (χ3v) is 4.49. The second-order valence-electron chi connectivity index (χ2n) is 5.93. The van der Waals surface area contributed by atoms with Gasteiger partial charge in [-0.05, 0) is 35.2 Å². The second-order valence-corrected chi connectivity index (χ2v) is 5.93. The minimum atomic E-state index is -0.501. The molecule has 1 saturated heterocycles. The van der Waals surface area contributed by atoms with E-state index in [1.807, 2.05) is 4.90 Å². The zero-order valence-corrected chi connectivity index (χ0v) is 12.9. The number of amides is 1. The Labute approximate surface area is 134 Å². The van der Waals surface area contributed by atoms with Gasteiger partial charge in [-0.25, -0.2) is 0 Å². The van der Waals surface area contributed by atoms with Crippen molar-refractivity contribution in [3.8, 4) is 0 Å². The van der Waals surface area contributed by atoms with Gasteiger partial charge in [0.2, 0.25) is 5.91 Å². The van der Waals surface area contributed by atoms with E-state index in [4.69, 9.17) is 0 Å². The summed E-state index contributed by atoms with van der Waals surface area (Å²) in [4.78, 5) is 30.5.